The second-order valence-electron chi connectivity index (χ2n) is 7.87. The van der Waals surface area contributed by atoms with Crippen LogP contribution < -0.4 is 15.5 Å². The third kappa shape index (κ3) is 5.26. The highest BCUT2D eigenvalue weighted by Crippen LogP contribution is 2.27. The van der Waals surface area contributed by atoms with Gasteiger partial charge in [0.15, 0.2) is 0 Å². The normalized spacial score (nSPS) is 18.1. The molecule has 1 aromatic carbocycles. The molecule has 2 aromatic rings. The summed E-state index contributed by atoms with van der Waals surface area (Å²) >= 11 is 0. The van der Waals surface area contributed by atoms with Crippen molar-refractivity contribution >= 4 is 23.0 Å². The van der Waals surface area contributed by atoms with Crippen LogP contribution in [0.4, 0.5) is 17.1 Å². The first-order valence-electron chi connectivity index (χ1n) is 10.7. The molecule has 2 N–H and O–H groups in total. The van der Waals surface area contributed by atoms with Gasteiger partial charge in [-0.2, -0.15) is 0 Å². The van der Waals surface area contributed by atoms with E-state index in [4.69, 9.17) is 4.74 Å². The standard InChI is InChI=1S/C23H30N4O2/c28-23(26-21-9-5-6-10-22(21)27-11-13-29-14-12-27)18-15-20(17-24-16-18)25-19-7-3-1-2-4-8-19/h5-6,9-10,15-17,19,25H,1-4,7-8,11-14H2,(H,26,28). The lowest BCUT2D eigenvalue weighted by atomic mass is 10.1. The van der Waals surface area contributed by atoms with Crippen molar-refractivity contribution in [3.63, 3.8) is 0 Å². The maximum Gasteiger partial charge on any atom is 0.257 e. The zero-order valence-electron chi connectivity index (χ0n) is 16.9. The summed E-state index contributed by atoms with van der Waals surface area (Å²) in [6.07, 6.45) is 11.0. The Morgan fingerprint density at radius 2 is 1.79 bits per heavy atom. The predicted octanol–water partition coefficient (Wildman–Crippen LogP) is 4.31. The smallest absolute Gasteiger partial charge is 0.257 e. The van der Waals surface area contributed by atoms with Gasteiger partial charge >= 0.3 is 0 Å². The van der Waals surface area contributed by atoms with Crippen molar-refractivity contribution in [1.82, 2.24) is 4.98 Å². The summed E-state index contributed by atoms with van der Waals surface area (Å²) in [4.78, 5) is 19.5. The quantitative estimate of drug-likeness (QED) is 0.740. The van der Waals surface area contributed by atoms with Gasteiger partial charge in [0.25, 0.3) is 5.91 Å². The molecule has 1 aromatic heterocycles. The number of para-hydroxylation sites is 2. The van der Waals surface area contributed by atoms with Gasteiger partial charge < -0.3 is 20.3 Å². The van der Waals surface area contributed by atoms with E-state index < -0.39 is 0 Å². The van der Waals surface area contributed by atoms with Gasteiger partial charge in [0.1, 0.15) is 0 Å². The van der Waals surface area contributed by atoms with Crippen LogP contribution in [0.3, 0.4) is 0 Å². The average molecular weight is 395 g/mol. The Bertz CT molecular complexity index is 812. The molecule has 6 heteroatoms. The van der Waals surface area contributed by atoms with Gasteiger partial charge in [-0.05, 0) is 31.0 Å². The Morgan fingerprint density at radius 1 is 1.03 bits per heavy atom. The van der Waals surface area contributed by atoms with E-state index in [1.807, 2.05) is 36.5 Å². The first-order valence-corrected chi connectivity index (χ1v) is 10.7. The van der Waals surface area contributed by atoms with Gasteiger partial charge in [-0.15, -0.1) is 0 Å². The SMILES string of the molecule is O=C(Nc1ccccc1N1CCOCC1)c1cncc(NC2CCCCCC2)c1. The number of pyridine rings is 1. The van der Waals surface area contributed by atoms with Crippen molar-refractivity contribution in [3.8, 4) is 0 Å². The minimum atomic E-state index is -0.136. The number of ether oxygens (including phenoxy) is 1. The first kappa shape index (κ1) is 19.7. The molecule has 0 spiro atoms. The highest BCUT2D eigenvalue weighted by Gasteiger charge is 2.17. The summed E-state index contributed by atoms with van der Waals surface area (Å²) in [5, 5.41) is 6.65. The van der Waals surface area contributed by atoms with Crippen molar-refractivity contribution in [2.45, 2.75) is 44.6 Å². The predicted molar refractivity (Wildman–Crippen MR) is 117 cm³/mol. The first-order chi connectivity index (χ1) is 14.3. The van der Waals surface area contributed by atoms with Crippen molar-refractivity contribution in [2.75, 3.05) is 41.8 Å². The summed E-state index contributed by atoms with van der Waals surface area (Å²) in [5.41, 5.74) is 3.35. The van der Waals surface area contributed by atoms with Crippen LogP contribution in [0.2, 0.25) is 0 Å². The minimum absolute atomic E-state index is 0.136. The van der Waals surface area contributed by atoms with Crippen LogP contribution in [0, 0.1) is 0 Å². The monoisotopic (exact) mass is 394 g/mol. The largest absolute Gasteiger partial charge is 0.381 e. The lowest BCUT2D eigenvalue weighted by molar-refractivity contribution is 0.102. The van der Waals surface area contributed by atoms with Crippen LogP contribution >= 0.6 is 0 Å². The van der Waals surface area contributed by atoms with Crippen LogP contribution in [0.5, 0.6) is 0 Å². The number of nitrogens with zero attached hydrogens (tertiary/aromatic N) is 2. The third-order valence-corrected chi connectivity index (χ3v) is 5.73. The summed E-state index contributed by atoms with van der Waals surface area (Å²) in [6, 6.07) is 10.3. The molecule has 154 valence electrons. The zero-order valence-corrected chi connectivity index (χ0v) is 16.9. The van der Waals surface area contributed by atoms with Gasteiger partial charge in [0.2, 0.25) is 0 Å². The molecule has 1 saturated carbocycles. The number of anilines is 3. The maximum atomic E-state index is 12.9. The van der Waals surface area contributed by atoms with E-state index in [0.717, 1.165) is 30.2 Å². The van der Waals surface area contributed by atoms with E-state index in [9.17, 15) is 4.79 Å². The second kappa shape index (κ2) is 9.74. The van der Waals surface area contributed by atoms with Gasteiger partial charge in [0.05, 0.1) is 35.8 Å². The number of rotatable bonds is 5. The van der Waals surface area contributed by atoms with E-state index in [-0.39, 0.29) is 5.91 Å². The molecule has 2 heterocycles. The fourth-order valence-corrected chi connectivity index (χ4v) is 4.16. The topological polar surface area (TPSA) is 66.5 Å². The average Bonchev–Trinajstić information content (AvgIpc) is 3.04. The molecular weight excluding hydrogens is 364 g/mol. The Morgan fingerprint density at radius 3 is 2.59 bits per heavy atom. The number of nitrogens with one attached hydrogen (secondary N) is 2. The Hall–Kier alpha value is -2.60. The summed E-state index contributed by atoms with van der Waals surface area (Å²) in [6.45, 7) is 3.08. The van der Waals surface area contributed by atoms with Crippen molar-refractivity contribution in [1.29, 1.82) is 0 Å². The molecule has 6 nitrogen and oxygen atoms in total. The summed E-state index contributed by atoms with van der Waals surface area (Å²) in [5.74, 6) is -0.136. The van der Waals surface area contributed by atoms with E-state index in [0.29, 0.717) is 24.8 Å². The van der Waals surface area contributed by atoms with Crippen LogP contribution in [0.1, 0.15) is 48.9 Å². The van der Waals surface area contributed by atoms with Gasteiger partial charge in [-0.3, -0.25) is 9.78 Å². The van der Waals surface area contributed by atoms with Crippen LogP contribution in [0.15, 0.2) is 42.7 Å². The number of hydrogen-bond donors (Lipinski definition) is 2. The van der Waals surface area contributed by atoms with Gasteiger partial charge in [-0.25, -0.2) is 0 Å². The number of carbonyl (C=O) groups excluding carboxylic acids is 1. The third-order valence-electron chi connectivity index (χ3n) is 5.73. The molecule has 0 atom stereocenters. The second-order valence-corrected chi connectivity index (χ2v) is 7.87. The molecule has 1 aliphatic heterocycles. The van der Waals surface area contributed by atoms with Crippen LogP contribution in [-0.4, -0.2) is 43.2 Å². The number of hydrogen-bond acceptors (Lipinski definition) is 5. The maximum absolute atomic E-state index is 12.9. The molecule has 1 aliphatic carbocycles. The fraction of sp³-hybridized carbons (Fsp3) is 0.478. The minimum Gasteiger partial charge on any atom is -0.381 e. The summed E-state index contributed by atoms with van der Waals surface area (Å²) < 4.78 is 5.45. The Kier molecular flexibility index (Phi) is 6.62. The van der Waals surface area contributed by atoms with E-state index in [2.05, 4.69) is 20.5 Å². The number of morpholine rings is 1. The van der Waals surface area contributed by atoms with Crippen molar-refractivity contribution in [2.24, 2.45) is 0 Å². The van der Waals surface area contributed by atoms with Crippen LogP contribution in [0.25, 0.3) is 0 Å². The lowest BCUT2D eigenvalue weighted by Gasteiger charge is -2.30. The van der Waals surface area contributed by atoms with E-state index in [1.165, 1.54) is 38.5 Å². The molecule has 4 rings (SSSR count). The highest BCUT2D eigenvalue weighted by atomic mass is 16.5. The van der Waals surface area contributed by atoms with Gasteiger partial charge in [0, 0.05) is 31.5 Å². The van der Waals surface area contributed by atoms with E-state index in [1.54, 1.807) is 6.20 Å². The van der Waals surface area contributed by atoms with Crippen molar-refractivity contribution < 1.29 is 9.53 Å². The number of aromatic nitrogens is 1. The Labute approximate surface area is 172 Å². The van der Waals surface area contributed by atoms with Crippen molar-refractivity contribution in [3.05, 3.63) is 48.3 Å². The molecule has 0 unspecified atom stereocenters. The molecular formula is C23H30N4O2. The number of amides is 1. The molecule has 29 heavy (non-hydrogen) atoms. The molecule has 0 radical (unpaired) electrons. The number of carbonyl (C=O) groups is 1. The van der Waals surface area contributed by atoms with E-state index >= 15 is 0 Å². The Balaban J connectivity index is 1.45. The molecule has 1 saturated heterocycles. The highest BCUT2D eigenvalue weighted by molar-refractivity contribution is 6.06. The fourth-order valence-electron chi connectivity index (χ4n) is 4.16. The lowest BCUT2D eigenvalue weighted by Crippen LogP contribution is -2.36. The van der Waals surface area contributed by atoms with Gasteiger partial charge in [-0.1, -0.05) is 37.8 Å². The van der Waals surface area contributed by atoms with Crippen LogP contribution in [-0.2, 0) is 4.74 Å². The number of benzene rings is 1. The zero-order chi connectivity index (χ0) is 19.9. The molecule has 0 bridgehead atoms. The summed E-state index contributed by atoms with van der Waals surface area (Å²) in [7, 11) is 0. The molecule has 2 fully saturated rings. The molecule has 1 amide bonds. The molecule has 2 aliphatic rings.